The van der Waals surface area contributed by atoms with E-state index in [1.54, 1.807) is 7.11 Å². The minimum absolute atomic E-state index is 0. The van der Waals surface area contributed by atoms with Gasteiger partial charge in [-0.25, -0.2) is 0 Å². The second-order valence-electron chi connectivity index (χ2n) is 8.99. The van der Waals surface area contributed by atoms with E-state index in [2.05, 4.69) is 60.4 Å². The Bertz CT molecular complexity index is 1300. The van der Waals surface area contributed by atoms with Crippen molar-refractivity contribution in [2.75, 3.05) is 33.3 Å². The van der Waals surface area contributed by atoms with Crippen LogP contribution in [0.5, 0.6) is 5.75 Å². The van der Waals surface area contributed by atoms with Crippen LogP contribution in [-0.2, 0) is 6.54 Å². The molecule has 0 N–H and O–H groups in total. The summed E-state index contributed by atoms with van der Waals surface area (Å²) in [4.78, 5) is 17.3. The minimum Gasteiger partial charge on any atom is -0.497 e. The number of hydrogen-bond donors (Lipinski definition) is 0. The van der Waals surface area contributed by atoms with Crippen LogP contribution in [0.4, 0.5) is 0 Å². The maximum Gasteiger partial charge on any atom is 0.254 e. The molecule has 1 aliphatic heterocycles. The van der Waals surface area contributed by atoms with Crippen LogP contribution in [-0.4, -0.2) is 49.0 Å². The Morgan fingerprint density at radius 1 is 0.914 bits per heavy atom. The largest absolute Gasteiger partial charge is 0.497 e. The van der Waals surface area contributed by atoms with Gasteiger partial charge in [-0.05, 0) is 60.9 Å². The van der Waals surface area contributed by atoms with Crippen molar-refractivity contribution in [1.29, 1.82) is 0 Å². The van der Waals surface area contributed by atoms with Gasteiger partial charge in [-0.1, -0.05) is 42.0 Å². The number of rotatable bonds is 5. The fourth-order valence-electron chi connectivity index (χ4n) is 4.59. The van der Waals surface area contributed by atoms with E-state index in [4.69, 9.17) is 9.15 Å². The standard InChI is InChI=1S/C29H30N2O3.ClH/c1-21-7-9-22(10-8-21)23-11-12-28-25(17-23)19-27(34-28)20-30-13-4-14-31(16-15-30)29(32)24-5-3-6-26(18-24)33-2;/h3,5-12,17-19H,4,13-16,20H2,1-2H3;1H. The van der Waals surface area contributed by atoms with Crippen molar-refractivity contribution in [1.82, 2.24) is 9.80 Å². The SMILES string of the molecule is COc1cccc(C(=O)N2CCCN(Cc3cc4cc(-c5ccc(C)cc5)ccc4o3)CC2)c1.Cl. The summed E-state index contributed by atoms with van der Waals surface area (Å²) in [6, 6.07) is 24.5. The Labute approximate surface area is 212 Å². The molecule has 182 valence electrons. The average molecular weight is 491 g/mol. The lowest BCUT2D eigenvalue weighted by Crippen LogP contribution is -2.35. The molecule has 0 radical (unpaired) electrons. The van der Waals surface area contributed by atoms with Gasteiger partial charge in [0.1, 0.15) is 17.1 Å². The Kier molecular flexibility index (Phi) is 7.79. The fourth-order valence-corrected chi connectivity index (χ4v) is 4.59. The highest BCUT2D eigenvalue weighted by atomic mass is 35.5. The van der Waals surface area contributed by atoms with Crippen molar-refractivity contribution in [3.63, 3.8) is 0 Å². The zero-order valence-electron chi connectivity index (χ0n) is 20.2. The first kappa shape index (κ1) is 24.8. The molecule has 1 amide bonds. The molecule has 0 bridgehead atoms. The molecular formula is C29H31ClN2O3. The van der Waals surface area contributed by atoms with Gasteiger partial charge < -0.3 is 14.1 Å². The van der Waals surface area contributed by atoms with Crippen LogP contribution in [0, 0.1) is 6.92 Å². The van der Waals surface area contributed by atoms with E-state index in [1.807, 2.05) is 29.2 Å². The first-order valence-electron chi connectivity index (χ1n) is 11.8. The Morgan fingerprint density at radius 3 is 2.51 bits per heavy atom. The van der Waals surface area contributed by atoms with Crippen LogP contribution >= 0.6 is 12.4 Å². The van der Waals surface area contributed by atoms with Crippen LogP contribution in [0.25, 0.3) is 22.1 Å². The molecule has 35 heavy (non-hydrogen) atoms. The highest BCUT2D eigenvalue weighted by molar-refractivity contribution is 5.94. The summed E-state index contributed by atoms with van der Waals surface area (Å²) >= 11 is 0. The smallest absolute Gasteiger partial charge is 0.254 e. The molecule has 1 fully saturated rings. The number of halogens is 1. The van der Waals surface area contributed by atoms with Crippen LogP contribution in [0.3, 0.4) is 0 Å². The molecular weight excluding hydrogens is 460 g/mol. The third kappa shape index (κ3) is 5.69. The quantitative estimate of drug-likeness (QED) is 0.335. The van der Waals surface area contributed by atoms with Crippen molar-refractivity contribution in [2.45, 2.75) is 19.9 Å². The van der Waals surface area contributed by atoms with E-state index in [-0.39, 0.29) is 18.3 Å². The van der Waals surface area contributed by atoms with E-state index in [1.165, 1.54) is 16.7 Å². The number of amides is 1. The Morgan fingerprint density at radius 2 is 1.71 bits per heavy atom. The lowest BCUT2D eigenvalue weighted by atomic mass is 10.0. The average Bonchev–Trinajstić information content (AvgIpc) is 3.12. The number of ether oxygens (including phenoxy) is 1. The summed E-state index contributed by atoms with van der Waals surface area (Å²) in [7, 11) is 1.62. The lowest BCUT2D eigenvalue weighted by molar-refractivity contribution is 0.0760. The van der Waals surface area contributed by atoms with Crippen LogP contribution < -0.4 is 4.74 Å². The molecule has 1 aliphatic rings. The Balaban J connectivity index is 0.00000289. The lowest BCUT2D eigenvalue weighted by Gasteiger charge is -2.21. The number of furan rings is 1. The molecule has 0 saturated carbocycles. The van der Waals surface area contributed by atoms with E-state index in [0.717, 1.165) is 49.3 Å². The van der Waals surface area contributed by atoms with Gasteiger partial charge in [0.2, 0.25) is 0 Å². The third-order valence-electron chi connectivity index (χ3n) is 6.52. The first-order valence-corrected chi connectivity index (χ1v) is 11.8. The second-order valence-corrected chi connectivity index (χ2v) is 8.99. The highest BCUT2D eigenvalue weighted by Gasteiger charge is 2.21. The predicted octanol–water partition coefficient (Wildman–Crippen LogP) is 6.19. The first-order chi connectivity index (χ1) is 16.6. The molecule has 2 heterocycles. The summed E-state index contributed by atoms with van der Waals surface area (Å²) in [5, 5.41) is 1.12. The van der Waals surface area contributed by atoms with Gasteiger partial charge in [0.25, 0.3) is 5.91 Å². The van der Waals surface area contributed by atoms with Gasteiger partial charge >= 0.3 is 0 Å². The third-order valence-corrected chi connectivity index (χ3v) is 6.52. The van der Waals surface area contributed by atoms with Gasteiger partial charge in [0, 0.05) is 37.1 Å². The summed E-state index contributed by atoms with van der Waals surface area (Å²) in [6.45, 7) is 6.07. The van der Waals surface area contributed by atoms with Crippen LogP contribution in [0.15, 0.2) is 77.2 Å². The highest BCUT2D eigenvalue weighted by Crippen LogP contribution is 2.28. The molecule has 0 spiro atoms. The number of hydrogen-bond acceptors (Lipinski definition) is 4. The van der Waals surface area contributed by atoms with E-state index in [9.17, 15) is 4.79 Å². The number of benzene rings is 3. The van der Waals surface area contributed by atoms with Gasteiger partial charge in [-0.3, -0.25) is 9.69 Å². The topological polar surface area (TPSA) is 45.9 Å². The monoisotopic (exact) mass is 490 g/mol. The van der Waals surface area contributed by atoms with Crippen molar-refractivity contribution < 1.29 is 13.9 Å². The number of carbonyl (C=O) groups excluding carboxylic acids is 1. The van der Waals surface area contributed by atoms with E-state index < -0.39 is 0 Å². The van der Waals surface area contributed by atoms with Gasteiger partial charge in [0.15, 0.2) is 0 Å². The number of carbonyl (C=O) groups is 1. The molecule has 3 aromatic carbocycles. The van der Waals surface area contributed by atoms with Crippen LogP contribution in [0.1, 0.15) is 28.1 Å². The summed E-state index contributed by atoms with van der Waals surface area (Å²) in [6.07, 6.45) is 0.938. The van der Waals surface area contributed by atoms with Crippen molar-refractivity contribution in [3.8, 4) is 16.9 Å². The van der Waals surface area contributed by atoms with Crippen molar-refractivity contribution in [3.05, 3.63) is 89.7 Å². The number of methoxy groups -OCH3 is 1. The normalized spacial score (nSPS) is 14.4. The molecule has 1 saturated heterocycles. The number of aryl methyl sites for hydroxylation is 1. The number of fused-ring (bicyclic) bond motifs is 1. The maximum atomic E-state index is 13.0. The summed E-state index contributed by atoms with van der Waals surface area (Å²) in [5.74, 6) is 1.73. The minimum atomic E-state index is 0. The van der Waals surface area contributed by atoms with Gasteiger partial charge in [-0.2, -0.15) is 0 Å². The Hall–Kier alpha value is -3.28. The fraction of sp³-hybridized carbons (Fsp3) is 0.276. The van der Waals surface area contributed by atoms with Gasteiger partial charge in [0.05, 0.1) is 13.7 Å². The maximum absolute atomic E-state index is 13.0. The second kappa shape index (κ2) is 11.0. The van der Waals surface area contributed by atoms with Gasteiger partial charge in [-0.15, -0.1) is 12.4 Å². The number of nitrogens with zero attached hydrogens (tertiary/aromatic N) is 2. The molecule has 1 aromatic heterocycles. The molecule has 0 aliphatic carbocycles. The predicted molar refractivity (Wildman–Crippen MR) is 142 cm³/mol. The summed E-state index contributed by atoms with van der Waals surface area (Å²) < 4.78 is 11.4. The van der Waals surface area contributed by atoms with Crippen molar-refractivity contribution >= 4 is 29.3 Å². The van der Waals surface area contributed by atoms with E-state index >= 15 is 0 Å². The molecule has 5 nitrogen and oxygen atoms in total. The van der Waals surface area contributed by atoms with Crippen LogP contribution in [0.2, 0.25) is 0 Å². The molecule has 0 unspecified atom stereocenters. The zero-order chi connectivity index (χ0) is 23.5. The zero-order valence-corrected chi connectivity index (χ0v) is 21.0. The molecule has 4 aromatic rings. The summed E-state index contributed by atoms with van der Waals surface area (Å²) in [5.41, 5.74) is 5.26. The molecule has 6 heteroatoms. The van der Waals surface area contributed by atoms with Crippen molar-refractivity contribution in [2.24, 2.45) is 0 Å². The molecule has 5 rings (SSSR count). The molecule has 0 atom stereocenters. The van der Waals surface area contributed by atoms with E-state index in [0.29, 0.717) is 17.9 Å².